The van der Waals surface area contributed by atoms with Gasteiger partial charge >= 0.3 is 0 Å². The molecule has 0 unspecified atom stereocenters. The van der Waals surface area contributed by atoms with Crippen molar-refractivity contribution in [2.75, 3.05) is 31.1 Å². The summed E-state index contributed by atoms with van der Waals surface area (Å²) in [6.45, 7) is 2.40. The number of ether oxygens (including phenoxy) is 2. The van der Waals surface area contributed by atoms with E-state index in [0.717, 1.165) is 22.0 Å². The van der Waals surface area contributed by atoms with E-state index in [2.05, 4.69) is 5.32 Å². The molecule has 0 aliphatic heterocycles. The highest BCUT2D eigenvalue weighted by Gasteiger charge is 2.27. The Labute approximate surface area is 211 Å². The Morgan fingerprint density at radius 1 is 1.00 bits per heavy atom. The minimum absolute atomic E-state index is 0.0432. The van der Waals surface area contributed by atoms with Gasteiger partial charge in [-0.3, -0.25) is 9.10 Å². The summed E-state index contributed by atoms with van der Waals surface area (Å²) < 4.78 is 38.6. The van der Waals surface area contributed by atoms with Crippen LogP contribution in [-0.2, 0) is 21.2 Å². The maximum absolute atomic E-state index is 13.4. The van der Waals surface area contributed by atoms with Gasteiger partial charge in [0.1, 0.15) is 18.0 Å². The number of methoxy groups -OCH3 is 1. The maximum atomic E-state index is 13.4. The van der Waals surface area contributed by atoms with Crippen molar-refractivity contribution in [3.05, 3.63) is 83.4 Å². The van der Waals surface area contributed by atoms with E-state index in [4.69, 9.17) is 21.1 Å². The summed E-state index contributed by atoms with van der Waals surface area (Å²) in [5.74, 6) is 0.995. The van der Waals surface area contributed by atoms with Crippen molar-refractivity contribution in [2.24, 2.45) is 0 Å². The average Bonchev–Trinajstić information content (AvgIpc) is 2.86. The Bertz CT molecular complexity index is 1220. The van der Waals surface area contributed by atoms with Crippen molar-refractivity contribution in [2.45, 2.75) is 24.7 Å². The highest BCUT2D eigenvalue weighted by molar-refractivity contribution is 7.92. The lowest BCUT2D eigenvalue weighted by Gasteiger charge is -2.24. The number of rotatable bonds is 12. The SMILES string of the molecule is CCOc1ccc(N(CC(=O)NCCCc2cccc(OC)c2)S(=O)(=O)c2ccc(Cl)cc2)cc1. The summed E-state index contributed by atoms with van der Waals surface area (Å²) in [5, 5.41) is 3.25. The largest absolute Gasteiger partial charge is 0.497 e. The first-order chi connectivity index (χ1) is 16.8. The Kier molecular flexibility index (Phi) is 9.39. The Balaban J connectivity index is 1.71. The molecule has 0 fully saturated rings. The van der Waals surface area contributed by atoms with Gasteiger partial charge in [0.2, 0.25) is 5.91 Å². The van der Waals surface area contributed by atoms with E-state index in [1.165, 1.54) is 24.3 Å². The van der Waals surface area contributed by atoms with Gasteiger partial charge in [0.15, 0.2) is 0 Å². The third kappa shape index (κ3) is 7.37. The highest BCUT2D eigenvalue weighted by Crippen LogP contribution is 2.26. The van der Waals surface area contributed by atoms with Crippen molar-refractivity contribution < 1.29 is 22.7 Å². The van der Waals surface area contributed by atoms with Crippen LogP contribution in [-0.4, -0.2) is 41.1 Å². The van der Waals surface area contributed by atoms with Crippen molar-refractivity contribution in [3.63, 3.8) is 0 Å². The van der Waals surface area contributed by atoms with E-state index < -0.39 is 15.9 Å². The molecule has 9 heteroatoms. The minimum atomic E-state index is -4.01. The van der Waals surface area contributed by atoms with Gasteiger partial charge in [-0.2, -0.15) is 0 Å². The zero-order valence-electron chi connectivity index (χ0n) is 19.7. The molecule has 0 bridgehead atoms. The molecule has 0 aliphatic rings. The van der Waals surface area contributed by atoms with Crippen LogP contribution in [0.25, 0.3) is 0 Å². The normalized spacial score (nSPS) is 11.1. The van der Waals surface area contributed by atoms with E-state index >= 15 is 0 Å². The number of amides is 1. The number of nitrogens with one attached hydrogen (secondary N) is 1. The third-order valence-electron chi connectivity index (χ3n) is 5.22. The molecule has 7 nitrogen and oxygen atoms in total. The molecule has 3 aromatic rings. The van der Waals surface area contributed by atoms with Gasteiger partial charge in [-0.1, -0.05) is 23.7 Å². The highest BCUT2D eigenvalue weighted by atomic mass is 35.5. The standard InChI is InChI=1S/C26H29ClN2O5S/c1-3-34-23-13-11-22(12-14-23)29(35(31,32)25-15-9-21(27)10-16-25)19-26(30)28-17-5-7-20-6-4-8-24(18-20)33-2/h4,6,8-16,18H,3,5,7,17,19H2,1-2H3,(H,28,30). The van der Waals surface area contributed by atoms with E-state index in [9.17, 15) is 13.2 Å². The fraction of sp³-hybridized carbons (Fsp3) is 0.269. The van der Waals surface area contributed by atoms with Gasteiger partial charge in [0.05, 0.1) is 24.3 Å². The number of sulfonamides is 1. The fourth-order valence-corrected chi connectivity index (χ4v) is 5.01. The van der Waals surface area contributed by atoms with Crippen LogP contribution in [0.1, 0.15) is 18.9 Å². The molecular weight excluding hydrogens is 488 g/mol. The van der Waals surface area contributed by atoms with Crippen molar-refractivity contribution in [3.8, 4) is 11.5 Å². The van der Waals surface area contributed by atoms with Gasteiger partial charge in [-0.25, -0.2) is 8.42 Å². The number of halogens is 1. The molecule has 0 aliphatic carbocycles. The van der Waals surface area contributed by atoms with Crippen molar-refractivity contribution in [1.29, 1.82) is 0 Å². The van der Waals surface area contributed by atoms with E-state index in [0.29, 0.717) is 36.0 Å². The number of anilines is 1. The lowest BCUT2D eigenvalue weighted by molar-refractivity contribution is -0.119. The molecule has 35 heavy (non-hydrogen) atoms. The summed E-state index contributed by atoms with van der Waals surface area (Å²) in [7, 11) is -2.39. The molecule has 0 saturated heterocycles. The van der Waals surface area contributed by atoms with Gasteiger partial charge < -0.3 is 14.8 Å². The van der Waals surface area contributed by atoms with Crippen LogP contribution < -0.4 is 19.1 Å². The molecule has 1 amide bonds. The van der Waals surface area contributed by atoms with Gasteiger partial charge in [0, 0.05) is 11.6 Å². The molecule has 186 valence electrons. The molecule has 3 rings (SSSR count). The topological polar surface area (TPSA) is 84.9 Å². The van der Waals surface area contributed by atoms with Gasteiger partial charge in [0.25, 0.3) is 10.0 Å². The Morgan fingerprint density at radius 3 is 2.37 bits per heavy atom. The summed E-state index contributed by atoms with van der Waals surface area (Å²) in [4.78, 5) is 12.8. The second-order valence-electron chi connectivity index (χ2n) is 7.70. The summed E-state index contributed by atoms with van der Waals surface area (Å²) >= 11 is 5.93. The molecule has 0 aromatic heterocycles. The van der Waals surface area contributed by atoms with Crippen LogP contribution in [0.5, 0.6) is 11.5 Å². The van der Waals surface area contributed by atoms with Crippen LogP contribution in [0.15, 0.2) is 77.7 Å². The predicted molar refractivity (Wildman–Crippen MR) is 138 cm³/mol. The minimum Gasteiger partial charge on any atom is -0.497 e. The van der Waals surface area contributed by atoms with Gasteiger partial charge in [-0.05, 0) is 86.0 Å². The van der Waals surface area contributed by atoms with Crippen LogP contribution in [0.3, 0.4) is 0 Å². The predicted octanol–water partition coefficient (Wildman–Crippen LogP) is 4.69. The molecule has 0 saturated carbocycles. The Hall–Kier alpha value is -3.23. The van der Waals surface area contributed by atoms with E-state index in [-0.39, 0.29) is 11.4 Å². The van der Waals surface area contributed by atoms with Crippen LogP contribution in [0.4, 0.5) is 5.69 Å². The number of aryl methyl sites for hydroxylation is 1. The molecule has 3 aromatic carbocycles. The number of benzene rings is 3. The van der Waals surface area contributed by atoms with E-state index in [1.807, 2.05) is 31.2 Å². The van der Waals surface area contributed by atoms with Crippen LogP contribution >= 0.6 is 11.6 Å². The maximum Gasteiger partial charge on any atom is 0.264 e. The smallest absolute Gasteiger partial charge is 0.264 e. The number of hydrogen-bond acceptors (Lipinski definition) is 5. The summed E-state index contributed by atoms with van der Waals surface area (Å²) in [5.41, 5.74) is 1.45. The zero-order valence-corrected chi connectivity index (χ0v) is 21.3. The monoisotopic (exact) mass is 516 g/mol. The number of carbonyl (C=O) groups excluding carboxylic acids is 1. The van der Waals surface area contributed by atoms with Gasteiger partial charge in [-0.15, -0.1) is 0 Å². The van der Waals surface area contributed by atoms with Crippen molar-refractivity contribution >= 4 is 33.2 Å². The quantitative estimate of drug-likeness (QED) is 0.353. The second-order valence-corrected chi connectivity index (χ2v) is 10.00. The molecule has 1 N–H and O–H groups in total. The molecule has 0 heterocycles. The molecule has 0 radical (unpaired) electrons. The lowest BCUT2D eigenvalue weighted by atomic mass is 10.1. The first kappa shape index (κ1) is 26.4. The first-order valence-electron chi connectivity index (χ1n) is 11.2. The lowest BCUT2D eigenvalue weighted by Crippen LogP contribution is -2.41. The number of hydrogen-bond donors (Lipinski definition) is 1. The van der Waals surface area contributed by atoms with Crippen molar-refractivity contribution in [1.82, 2.24) is 5.32 Å². The third-order valence-corrected chi connectivity index (χ3v) is 7.26. The Morgan fingerprint density at radius 2 is 1.71 bits per heavy atom. The zero-order chi connectivity index (χ0) is 25.3. The first-order valence-corrected chi connectivity index (χ1v) is 13.1. The molecule has 0 atom stereocenters. The van der Waals surface area contributed by atoms with Crippen LogP contribution in [0.2, 0.25) is 5.02 Å². The van der Waals surface area contributed by atoms with E-state index in [1.54, 1.807) is 31.4 Å². The summed E-state index contributed by atoms with van der Waals surface area (Å²) in [6.07, 6.45) is 1.45. The average molecular weight is 517 g/mol. The van der Waals surface area contributed by atoms with Crippen LogP contribution in [0, 0.1) is 0 Å². The number of carbonyl (C=O) groups is 1. The molecular formula is C26H29ClN2O5S. The second kappa shape index (κ2) is 12.5. The number of nitrogens with zero attached hydrogens (tertiary/aromatic N) is 1. The fourth-order valence-electron chi connectivity index (χ4n) is 3.46. The summed E-state index contributed by atoms with van der Waals surface area (Å²) in [6, 6.07) is 20.2. The molecule has 0 spiro atoms.